The van der Waals surface area contributed by atoms with Crippen LogP contribution in [0, 0.1) is 11.3 Å². The molecule has 10 heteroatoms. The Bertz CT molecular complexity index is 1450. The molecule has 184 valence electrons. The van der Waals surface area contributed by atoms with Gasteiger partial charge in [0.1, 0.15) is 17.4 Å². The van der Waals surface area contributed by atoms with Crippen molar-refractivity contribution in [1.29, 1.82) is 5.26 Å². The van der Waals surface area contributed by atoms with Crippen molar-refractivity contribution in [3.63, 3.8) is 0 Å². The lowest BCUT2D eigenvalue weighted by atomic mass is 9.96. The number of aromatic nitrogens is 5. The van der Waals surface area contributed by atoms with Gasteiger partial charge in [-0.25, -0.2) is 9.78 Å². The predicted molar refractivity (Wildman–Crippen MR) is 133 cm³/mol. The van der Waals surface area contributed by atoms with Crippen LogP contribution in [0.25, 0.3) is 33.4 Å². The zero-order valence-electron chi connectivity index (χ0n) is 20.4. The Morgan fingerprint density at radius 2 is 1.89 bits per heavy atom. The van der Waals surface area contributed by atoms with Gasteiger partial charge in [-0.2, -0.15) is 15.5 Å². The minimum atomic E-state index is -0.523. The van der Waals surface area contributed by atoms with E-state index in [1.54, 1.807) is 41.6 Å². The number of hydrogen-bond donors (Lipinski definition) is 2. The zero-order valence-corrected chi connectivity index (χ0v) is 20.4. The normalized spacial score (nSPS) is 14.7. The Hall–Kier alpha value is -4.39. The van der Waals surface area contributed by atoms with E-state index in [0.29, 0.717) is 41.1 Å². The molecule has 0 saturated carbocycles. The number of piperidine rings is 1. The molecule has 4 heterocycles. The lowest BCUT2D eigenvalue weighted by molar-refractivity contribution is 0.0185. The molecule has 3 aromatic heterocycles. The first-order chi connectivity index (χ1) is 17.2. The van der Waals surface area contributed by atoms with Gasteiger partial charge in [-0.15, -0.1) is 0 Å². The number of nitriles is 1. The maximum Gasteiger partial charge on any atom is 0.410 e. The molecule has 1 amide bonds. The van der Waals surface area contributed by atoms with Gasteiger partial charge in [0.05, 0.1) is 29.7 Å². The van der Waals surface area contributed by atoms with Crippen molar-refractivity contribution in [2.45, 2.75) is 45.3 Å². The number of aromatic amines is 1. The molecule has 1 aromatic carbocycles. The Balaban J connectivity index is 1.45. The van der Waals surface area contributed by atoms with E-state index < -0.39 is 5.60 Å². The van der Waals surface area contributed by atoms with Crippen molar-refractivity contribution in [3.05, 3.63) is 48.4 Å². The molecular weight excluding hydrogens is 458 g/mol. The Morgan fingerprint density at radius 1 is 1.17 bits per heavy atom. The smallest absolute Gasteiger partial charge is 0.410 e. The van der Waals surface area contributed by atoms with E-state index in [1.165, 1.54) is 0 Å². The average molecular weight is 486 g/mol. The minimum absolute atomic E-state index is 0.126. The third kappa shape index (κ3) is 4.47. The first-order valence-electron chi connectivity index (χ1n) is 11.8. The van der Waals surface area contributed by atoms with Gasteiger partial charge in [-0.1, -0.05) is 0 Å². The fourth-order valence-electron chi connectivity index (χ4n) is 4.51. The third-order valence-electron chi connectivity index (χ3n) is 6.23. The van der Waals surface area contributed by atoms with Crippen molar-refractivity contribution in [1.82, 2.24) is 29.9 Å². The number of ether oxygens (including phenoxy) is 1. The second-order valence-corrected chi connectivity index (χ2v) is 9.91. The Morgan fingerprint density at radius 3 is 2.56 bits per heavy atom. The molecule has 1 aliphatic rings. The number of phenols is 1. The molecule has 5 rings (SSSR count). The Labute approximate surface area is 208 Å². The maximum atomic E-state index is 12.4. The van der Waals surface area contributed by atoms with Crippen molar-refractivity contribution in [3.8, 4) is 34.2 Å². The molecule has 0 unspecified atom stereocenters. The van der Waals surface area contributed by atoms with E-state index in [4.69, 9.17) is 4.74 Å². The number of benzene rings is 1. The van der Waals surface area contributed by atoms with Crippen molar-refractivity contribution in [2.24, 2.45) is 0 Å². The highest BCUT2D eigenvalue weighted by Gasteiger charge is 2.28. The molecule has 4 aromatic rings. The largest absolute Gasteiger partial charge is 0.508 e. The van der Waals surface area contributed by atoms with Crippen molar-refractivity contribution < 1.29 is 14.6 Å². The van der Waals surface area contributed by atoms with Crippen LogP contribution in [0.15, 0.2) is 42.9 Å². The maximum absolute atomic E-state index is 12.4. The van der Waals surface area contributed by atoms with Crippen LogP contribution in [0.1, 0.15) is 45.2 Å². The topological polar surface area (TPSA) is 133 Å². The summed E-state index contributed by atoms with van der Waals surface area (Å²) in [4.78, 5) is 18.8. The second-order valence-electron chi connectivity index (χ2n) is 9.91. The highest BCUT2D eigenvalue weighted by Crippen LogP contribution is 2.37. The monoisotopic (exact) mass is 485 g/mol. The van der Waals surface area contributed by atoms with E-state index >= 15 is 0 Å². The van der Waals surface area contributed by atoms with Gasteiger partial charge in [0.25, 0.3) is 0 Å². The number of fused-ring (bicyclic) bond motifs is 1. The molecular formula is C26H27N7O3. The quantitative estimate of drug-likeness (QED) is 0.432. The fraction of sp³-hybridized carbons (Fsp3) is 0.346. The number of hydrogen-bond acceptors (Lipinski definition) is 7. The number of pyridine rings is 1. The molecule has 0 radical (unpaired) electrons. The second kappa shape index (κ2) is 9.00. The van der Waals surface area contributed by atoms with Gasteiger partial charge in [0, 0.05) is 41.4 Å². The van der Waals surface area contributed by atoms with Crippen molar-refractivity contribution >= 4 is 17.1 Å². The van der Waals surface area contributed by atoms with Gasteiger partial charge in [0.2, 0.25) is 0 Å². The van der Waals surface area contributed by atoms with Crippen molar-refractivity contribution in [2.75, 3.05) is 13.1 Å². The van der Waals surface area contributed by atoms with Crippen LogP contribution in [-0.4, -0.2) is 59.8 Å². The van der Waals surface area contributed by atoms with Gasteiger partial charge >= 0.3 is 6.09 Å². The first kappa shape index (κ1) is 23.4. The number of H-pyrrole nitrogens is 1. The number of rotatable bonds is 3. The van der Waals surface area contributed by atoms with E-state index in [0.717, 1.165) is 23.8 Å². The van der Waals surface area contributed by atoms with E-state index in [-0.39, 0.29) is 17.9 Å². The number of nitrogens with one attached hydrogen (secondary N) is 1. The van der Waals surface area contributed by atoms with E-state index in [9.17, 15) is 15.2 Å². The van der Waals surface area contributed by atoms with Crippen LogP contribution in [0.5, 0.6) is 5.75 Å². The lowest BCUT2D eigenvalue weighted by Gasteiger charge is -2.33. The standard InChI is InChI=1S/C26H27N7O3/c1-26(2,3)36-25(35)32-10-8-18(9-11-32)33-15-17(13-29-33)22-20(12-27)23(16-4-6-19(34)7-5-16)30-24-21(22)14-28-31-24/h4-7,13-15,18,34H,8-11H2,1-3H3,(H,28,30,31). The SMILES string of the molecule is CC(C)(C)OC(=O)N1CCC(n2cc(-c3c(C#N)c(-c4ccc(O)cc4)nc4[nH]ncc34)cn2)CC1. The van der Waals surface area contributed by atoms with Crippen LogP contribution >= 0.6 is 0 Å². The minimum Gasteiger partial charge on any atom is -0.508 e. The first-order valence-corrected chi connectivity index (χ1v) is 11.8. The van der Waals surface area contributed by atoms with Gasteiger partial charge in [-0.3, -0.25) is 9.78 Å². The number of nitrogens with zero attached hydrogens (tertiary/aromatic N) is 6. The molecule has 0 atom stereocenters. The van der Waals surface area contributed by atoms with Crippen LogP contribution < -0.4 is 0 Å². The number of amides is 1. The molecule has 1 saturated heterocycles. The highest BCUT2D eigenvalue weighted by atomic mass is 16.6. The number of phenolic OH excluding ortho intramolecular Hbond substituents is 1. The summed E-state index contributed by atoms with van der Waals surface area (Å²) < 4.78 is 7.41. The lowest BCUT2D eigenvalue weighted by Crippen LogP contribution is -2.42. The summed E-state index contributed by atoms with van der Waals surface area (Å²) in [5.41, 5.74) is 3.16. The molecule has 1 fully saturated rings. The summed E-state index contributed by atoms with van der Waals surface area (Å²) in [5.74, 6) is 0.138. The summed E-state index contributed by atoms with van der Waals surface area (Å²) in [6, 6.07) is 9.04. The van der Waals surface area contributed by atoms with E-state index in [2.05, 4.69) is 26.3 Å². The van der Waals surface area contributed by atoms with Gasteiger partial charge < -0.3 is 14.7 Å². The zero-order chi connectivity index (χ0) is 25.4. The Kier molecular flexibility index (Phi) is 5.84. The van der Waals surface area contributed by atoms with Gasteiger partial charge in [-0.05, 0) is 57.9 Å². The molecule has 36 heavy (non-hydrogen) atoms. The molecule has 1 aliphatic heterocycles. The molecule has 10 nitrogen and oxygen atoms in total. The highest BCUT2D eigenvalue weighted by molar-refractivity contribution is 5.98. The molecule has 0 aliphatic carbocycles. The number of aromatic hydroxyl groups is 1. The summed E-state index contributed by atoms with van der Waals surface area (Å²) in [5, 5.41) is 32.2. The van der Waals surface area contributed by atoms with Crippen LogP contribution in [0.3, 0.4) is 0 Å². The van der Waals surface area contributed by atoms with Gasteiger partial charge in [0.15, 0.2) is 5.65 Å². The molecule has 2 N–H and O–H groups in total. The fourth-order valence-corrected chi connectivity index (χ4v) is 4.51. The third-order valence-corrected chi connectivity index (χ3v) is 6.23. The summed E-state index contributed by atoms with van der Waals surface area (Å²) >= 11 is 0. The molecule has 0 bridgehead atoms. The number of likely N-dealkylation sites (tertiary alicyclic amines) is 1. The molecule has 0 spiro atoms. The predicted octanol–water partition coefficient (Wildman–Crippen LogP) is 4.64. The van der Waals surface area contributed by atoms with Crippen LogP contribution in [-0.2, 0) is 4.74 Å². The summed E-state index contributed by atoms with van der Waals surface area (Å²) in [6.45, 7) is 6.76. The number of carbonyl (C=O) groups excluding carboxylic acids is 1. The van der Waals surface area contributed by atoms with Crippen LogP contribution in [0.2, 0.25) is 0 Å². The summed E-state index contributed by atoms with van der Waals surface area (Å²) in [6.07, 6.45) is 6.57. The van der Waals surface area contributed by atoms with E-state index in [1.807, 2.05) is 31.6 Å². The number of carbonyl (C=O) groups is 1. The summed E-state index contributed by atoms with van der Waals surface area (Å²) in [7, 11) is 0. The van der Waals surface area contributed by atoms with Crippen LogP contribution in [0.4, 0.5) is 4.79 Å². The average Bonchev–Trinajstić information content (AvgIpc) is 3.52.